The summed E-state index contributed by atoms with van der Waals surface area (Å²) in [5.41, 5.74) is -3.72. The highest BCUT2D eigenvalue weighted by molar-refractivity contribution is 7.92. The number of imidazole rings is 1. The molecule has 1 N–H and O–H groups in total. The van der Waals surface area contributed by atoms with Crippen molar-refractivity contribution in [2.45, 2.75) is 23.9 Å². The van der Waals surface area contributed by atoms with Gasteiger partial charge >= 0.3 is 11.2 Å². The number of benzene rings is 2. The van der Waals surface area contributed by atoms with Crippen LogP contribution in [0.5, 0.6) is 5.88 Å². The monoisotopic (exact) mass is 523 g/mol. The van der Waals surface area contributed by atoms with Crippen LogP contribution in [0.4, 0.5) is 13.2 Å². The Hall–Kier alpha value is -3.57. The molecular weight excluding hydrogens is 507 g/mol. The Morgan fingerprint density at radius 3 is 2.40 bits per heavy atom. The number of hydrogen-bond donors (Lipinski definition) is 1. The second kappa shape index (κ2) is 8.90. The summed E-state index contributed by atoms with van der Waals surface area (Å²) in [4.78, 5) is 16.4. The SMILES string of the molecule is Cc1c(O)n(-c2ccc(S(=O)(=O)C(F)(F)F)cc2)c(=O)n1Cc1ccncc1-c1cccc(Cl)c1. The van der Waals surface area contributed by atoms with Crippen LogP contribution in [0.1, 0.15) is 11.3 Å². The lowest BCUT2D eigenvalue weighted by Gasteiger charge is -2.11. The van der Waals surface area contributed by atoms with Gasteiger partial charge in [-0.2, -0.15) is 13.2 Å². The molecule has 0 saturated heterocycles. The molecule has 2 heterocycles. The molecule has 0 spiro atoms. The van der Waals surface area contributed by atoms with Crippen molar-refractivity contribution in [1.29, 1.82) is 0 Å². The van der Waals surface area contributed by atoms with E-state index < -0.39 is 31.8 Å². The summed E-state index contributed by atoms with van der Waals surface area (Å²) in [6, 6.07) is 12.3. The molecule has 0 fully saturated rings. The van der Waals surface area contributed by atoms with E-state index in [-0.39, 0.29) is 17.9 Å². The largest absolute Gasteiger partial charge is 0.501 e. The highest BCUT2D eigenvalue weighted by Crippen LogP contribution is 2.31. The molecule has 4 rings (SSSR count). The number of aromatic nitrogens is 3. The van der Waals surface area contributed by atoms with Crippen LogP contribution in [0.15, 0.2) is 76.7 Å². The molecule has 0 aliphatic carbocycles. The number of rotatable bonds is 5. The van der Waals surface area contributed by atoms with E-state index in [4.69, 9.17) is 11.6 Å². The van der Waals surface area contributed by atoms with Crippen molar-refractivity contribution in [3.8, 4) is 22.7 Å². The lowest BCUT2D eigenvalue weighted by Crippen LogP contribution is -2.25. The van der Waals surface area contributed by atoms with E-state index in [2.05, 4.69) is 4.98 Å². The average Bonchev–Trinajstić information content (AvgIpc) is 3.02. The first kappa shape index (κ1) is 24.6. The summed E-state index contributed by atoms with van der Waals surface area (Å²) in [5.74, 6) is -0.431. The van der Waals surface area contributed by atoms with Crippen molar-refractivity contribution in [3.05, 3.63) is 93.8 Å². The fourth-order valence-electron chi connectivity index (χ4n) is 3.61. The van der Waals surface area contributed by atoms with Crippen molar-refractivity contribution >= 4 is 21.4 Å². The fourth-order valence-corrected chi connectivity index (χ4v) is 4.56. The Morgan fingerprint density at radius 1 is 1.09 bits per heavy atom. The standard InChI is InChI=1S/C23H17ClF3N3O4S/c1-14-21(31)30(18-5-7-19(8-6-18)35(33,34)23(25,26)27)22(32)29(14)13-16-9-10-28-12-20(16)15-3-2-4-17(24)11-15/h2-12,31H,13H2,1H3. The van der Waals surface area contributed by atoms with Crippen LogP contribution in [0, 0.1) is 6.92 Å². The Kier molecular flexibility index (Phi) is 6.24. The third kappa shape index (κ3) is 4.44. The second-order valence-electron chi connectivity index (χ2n) is 7.60. The van der Waals surface area contributed by atoms with Gasteiger partial charge in [-0.05, 0) is 60.5 Å². The van der Waals surface area contributed by atoms with Crippen molar-refractivity contribution in [3.63, 3.8) is 0 Å². The molecule has 0 atom stereocenters. The van der Waals surface area contributed by atoms with Crippen LogP contribution in [0.3, 0.4) is 0 Å². The van der Waals surface area contributed by atoms with Crippen molar-refractivity contribution < 1.29 is 26.7 Å². The van der Waals surface area contributed by atoms with Gasteiger partial charge < -0.3 is 5.11 Å². The third-order valence-electron chi connectivity index (χ3n) is 5.45. The number of alkyl halides is 3. The molecule has 0 aliphatic rings. The van der Waals surface area contributed by atoms with Crippen LogP contribution < -0.4 is 5.69 Å². The van der Waals surface area contributed by atoms with E-state index in [1.165, 1.54) is 11.5 Å². The number of hydrogen-bond acceptors (Lipinski definition) is 5. The molecule has 0 unspecified atom stereocenters. The Labute approximate surface area is 202 Å². The Bertz CT molecular complexity index is 1580. The predicted octanol–water partition coefficient (Wildman–Crippen LogP) is 4.71. The van der Waals surface area contributed by atoms with Gasteiger partial charge in [-0.15, -0.1) is 0 Å². The summed E-state index contributed by atoms with van der Waals surface area (Å²) >= 11 is 6.10. The smallest absolute Gasteiger partial charge is 0.493 e. The van der Waals surface area contributed by atoms with Gasteiger partial charge in [0.25, 0.3) is 9.84 Å². The maximum atomic E-state index is 13.2. The Balaban J connectivity index is 1.75. The second-order valence-corrected chi connectivity index (χ2v) is 9.98. The number of sulfone groups is 1. The van der Waals surface area contributed by atoms with Gasteiger partial charge in [0.1, 0.15) is 0 Å². The molecule has 0 amide bonds. The van der Waals surface area contributed by atoms with Crippen LogP contribution in [-0.4, -0.2) is 33.2 Å². The van der Waals surface area contributed by atoms with E-state index in [9.17, 15) is 31.5 Å². The summed E-state index contributed by atoms with van der Waals surface area (Å²) in [7, 11) is -5.54. The molecule has 182 valence electrons. The summed E-state index contributed by atoms with van der Waals surface area (Å²) in [6.07, 6.45) is 3.18. The lowest BCUT2D eigenvalue weighted by molar-refractivity contribution is -0.0436. The maximum absolute atomic E-state index is 13.2. The van der Waals surface area contributed by atoms with Crippen molar-refractivity contribution in [2.75, 3.05) is 0 Å². The van der Waals surface area contributed by atoms with Crippen LogP contribution in [-0.2, 0) is 16.4 Å². The fraction of sp³-hybridized carbons (Fsp3) is 0.130. The highest BCUT2D eigenvalue weighted by atomic mass is 35.5. The summed E-state index contributed by atoms with van der Waals surface area (Å²) < 4.78 is 63.8. The quantitative estimate of drug-likeness (QED) is 0.409. The van der Waals surface area contributed by atoms with Gasteiger partial charge in [-0.1, -0.05) is 23.7 Å². The summed E-state index contributed by atoms with van der Waals surface area (Å²) in [5, 5.41) is 11.1. The Morgan fingerprint density at radius 2 is 1.77 bits per heavy atom. The predicted molar refractivity (Wildman–Crippen MR) is 123 cm³/mol. The van der Waals surface area contributed by atoms with Gasteiger partial charge in [0.15, 0.2) is 0 Å². The minimum atomic E-state index is -5.54. The normalized spacial score (nSPS) is 12.1. The molecule has 35 heavy (non-hydrogen) atoms. The van der Waals surface area contributed by atoms with Crippen molar-refractivity contribution in [1.82, 2.24) is 14.1 Å². The first-order valence-electron chi connectivity index (χ1n) is 10.0. The highest BCUT2D eigenvalue weighted by Gasteiger charge is 2.46. The number of halogens is 4. The van der Waals surface area contributed by atoms with Gasteiger partial charge in [-0.3, -0.25) is 9.55 Å². The first-order chi connectivity index (χ1) is 16.4. The van der Waals surface area contributed by atoms with Crippen LogP contribution in [0.2, 0.25) is 5.02 Å². The zero-order chi connectivity index (χ0) is 25.5. The number of nitrogens with zero attached hydrogens (tertiary/aromatic N) is 3. The van der Waals surface area contributed by atoms with Gasteiger partial charge in [-0.25, -0.2) is 17.8 Å². The zero-order valence-corrected chi connectivity index (χ0v) is 19.6. The number of aromatic hydroxyl groups is 1. The molecule has 12 heteroatoms. The summed E-state index contributed by atoms with van der Waals surface area (Å²) in [6.45, 7) is 1.56. The average molecular weight is 524 g/mol. The zero-order valence-electron chi connectivity index (χ0n) is 18.0. The molecule has 2 aromatic heterocycles. The molecule has 0 radical (unpaired) electrons. The van der Waals surface area contributed by atoms with E-state index in [0.717, 1.165) is 40.0 Å². The molecule has 4 aromatic rings. The molecule has 0 bridgehead atoms. The first-order valence-corrected chi connectivity index (χ1v) is 11.9. The molecule has 0 saturated carbocycles. The van der Waals surface area contributed by atoms with Crippen LogP contribution >= 0.6 is 11.6 Å². The minimum absolute atomic E-state index is 0.000248. The molecule has 7 nitrogen and oxygen atoms in total. The van der Waals surface area contributed by atoms with Gasteiger partial charge in [0.2, 0.25) is 5.88 Å². The third-order valence-corrected chi connectivity index (χ3v) is 7.19. The van der Waals surface area contributed by atoms with Crippen molar-refractivity contribution in [2.24, 2.45) is 0 Å². The molecular formula is C23H17ClF3N3O4S. The van der Waals surface area contributed by atoms with Gasteiger partial charge in [0.05, 0.1) is 22.8 Å². The van der Waals surface area contributed by atoms with E-state index in [0.29, 0.717) is 10.6 Å². The topological polar surface area (TPSA) is 94.2 Å². The van der Waals surface area contributed by atoms with E-state index in [1.807, 2.05) is 6.07 Å². The van der Waals surface area contributed by atoms with Gasteiger partial charge in [0, 0.05) is 23.0 Å². The van der Waals surface area contributed by atoms with Crippen LogP contribution in [0.25, 0.3) is 16.8 Å². The molecule has 2 aromatic carbocycles. The number of pyridine rings is 1. The minimum Gasteiger partial charge on any atom is -0.493 e. The maximum Gasteiger partial charge on any atom is 0.501 e. The molecule has 0 aliphatic heterocycles. The van der Waals surface area contributed by atoms with E-state index in [1.54, 1.807) is 36.7 Å². The van der Waals surface area contributed by atoms with E-state index >= 15 is 0 Å². The lowest BCUT2D eigenvalue weighted by atomic mass is 10.0.